The summed E-state index contributed by atoms with van der Waals surface area (Å²) in [6.07, 6.45) is 1.96. The lowest BCUT2D eigenvalue weighted by Crippen LogP contribution is -1.79. The number of hydrogen-bond donors (Lipinski definition) is 0. The quantitative estimate of drug-likeness (QED) is 0.598. The normalized spacial score (nSPS) is 11.6. The van der Waals surface area contributed by atoms with Crippen molar-refractivity contribution in [2.24, 2.45) is 0 Å². The van der Waals surface area contributed by atoms with Crippen LogP contribution >= 0.6 is 22.7 Å². The molecule has 0 aliphatic rings. The van der Waals surface area contributed by atoms with Crippen LogP contribution in [-0.2, 0) is 0 Å². The molecule has 0 aliphatic carbocycles. The lowest BCUT2D eigenvalue weighted by molar-refractivity contribution is 1.52. The maximum Gasteiger partial charge on any atom is 0.0998 e. The monoisotopic (exact) mass is 267 g/mol. The predicted molar refractivity (Wildman–Crippen MR) is 79.6 cm³/mol. The van der Waals surface area contributed by atoms with E-state index in [4.69, 9.17) is 0 Å². The van der Waals surface area contributed by atoms with Crippen molar-refractivity contribution >= 4 is 44.4 Å². The van der Waals surface area contributed by atoms with E-state index in [1.54, 1.807) is 22.7 Å². The Morgan fingerprint density at radius 3 is 2.72 bits per heavy atom. The van der Waals surface area contributed by atoms with E-state index in [9.17, 15) is 5.26 Å². The van der Waals surface area contributed by atoms with Crippen LogP contribution in [0.25, 0.3) is 21.7 Å². The highest BCUT2D eigenvalue weighted by Crippen LogP contribution is 2.31. The molecule has 0 spiro atoms. The fraction of sp³-hybridized carbons (Fsp3) is 0. The molecule has 0 radical (unpaired) electrons. The van der Waals surface area contributed by atoms with E-state index in [1.807, 2.05) is 36.4 Å². The fourth-order valence-electron chi connectivity index (χ4n) is 1.80. The lowest BCUT2D eigenvalue weighted by atomic mass is 10.1. The number of benzene rings is 1. The van der Waals surface area contributed by atoms with Crippen molar-refractivity contribution in [3.8, 4) is 6.07 Å². The van der Waals surface area contributed by atoms with E-state index in [0.717, 1.165) is 10.4 Å². The lowest BCUT2D eigenvalue weighted by Gasteiger charge is -1.96. The summed E-state index contributed by atoms with van der Waals surface area (Å²) in [5, 5.41) is 14.8. The van der Waals surface area contributed by atoms with Crippen LogP contribution in [0.15, 0.2) is 47.2 Å². The van der Waals surface area contributed by atoms with Crippen LogP contribution in [0.3, 0.4) is 0 Å². The number of hydrogen-bond acceptors (Lipinski definition) is 3. The van der Waals surface area contributed by atoms with E-state index in [1.165, 1.54) is 10.1 Å². The Labute approximate surface area is 113 Å². The molecule has 0 aliphatic heterocycles. The molecule has 3 aromatic rings. The smallest absolute Gasteiger partial charge is 0.0998 e. The molecule has 0 unspecified atom stereocenters. The van der Waals surface area contributed by atoms with Crippen LogP contribution in [0.2, 0.25) is 0 Å². The molecule has 0 amide bonds. The minimum absolute atomic E-state index is 0.711. The molecule has 0 atom stereocenters. The van der Waals surface area contributed by atoms with Crippen LogP contribution in [0.4, 0.5) is 0 Å². The number of nitrogens with zero attached hydrogens (tertiary/aromatic N) is 1. The highest BCUT2D eigenvalue weighted by molar-refractivity contribution is 7.23. The van der Waals surface area contributed by atoms with E-state index < -0.39 is 0 Å². The molecule has 0 fully saturated rings. The largest absolute Gasteiger partial charge is 0.192 e. The summed E-state index contributed by atoms with van der Waals surface area (Å²) in [6.45, 7) is 0. The second kappa shape index (κ2) is 4.77. The first-order valence-electron chi connectivity index (χ1n) is 5.50. The van der Waals surface area contributed by atoms with Crippen molar-refractivity contribution in [2.75, 3.05) is 0 Å². The van der Waals surface area contributed by atoms with Crippen molar-refractivity contribution in [1.82, 2.24) is 0 Å². The molecule has 0 N–H and O–H groups in total. The maximum absolute atomic E-state index is 9.25. The topological polar surface area (TPSA) is 23.8 Å². The van der Waals surface area contributed by atoms with Gasteiger partial charge in [-0.15, -0.1) is 11.3 Å². The Morgan fingerprint density at radius 1 is 1.17 bits per heavy atom. The standard InChI is InChI=1S/C15H9NS2/c16-8-12(11-4-2-1-3-5-11)6-14-7-13-9-17-10-15(13)18-14/h1-7,9-10H/b12-6-. The minimum Gasteiger partial charge on any atom is -0.192 e. The van der Waals surface area contributed by atoms with E-state index in [-0.39, 0.29) is 0 Å². The molecule has 0 bridgehead atoms. The molecule has 2 aromatic heterocycles. The molecule has 1 nitrogen and oxygen atoms in total. The number of rotatable bonds is 2. The first-order valence-corrected chi connectivity index (χ1v) is 7.26. The van der Waals surface area contributed by atoms with E-state index in [2.05, 4.69) is 22.9 Å². The molecule has 0 saturated heterocycles. The third-order valence-corrected chi connectivity index (χ3v) is 4.63. The van der Waals surface area contributed by atoms with Gasteiger partial charge in [0.2, 0.25) is 0 Å². The molecule has 3 rings (SSSR count). The first kappa shape index (κ1) is 11.2. The number of fused-ring (bicyclic) bond motifs is 1. The maximum atomic E-state index is 9.25. The average Bonchev–Trinajstić information content (AvgIpc) is 2.97. The Bertz CT molecular complexity index is 713. The van der Waals surface area contributed by atoms with Gasteiger partial charge in [-0.3, -0.25) is 0 Å². The van der Waals surface area contributed by atoms with Gasteiger partial charge in [-0.05, 0) is 23.1 Å². The number of allylic oxidation sites excluding steroid dienone is 1. The van der Waals surface area contributed by atoms with Crippen LogP contribution in [-0.4, -0.2) is 0 Å². The van der Waals surface area contributed by atoms with Crippen molar-refractivity contribution in [3.05, 3.63) is 57.6 Å². The molecule has 86 valence electrons. The van der Waals surface area contributed by atoms with Gasteiger partial charge in [-0.2, -0.15) is 16.6 Å². The van der Waals surface area contributed by atoms with Crippen molar-refractivity contribution < 1.29 is 0 Å². The van der Waals surface area contributed by atoms with Gasteiger partial charge in [0.25, 0.3) is 0 Å². The highest BCUT2D eigenvalue weighted by atomic mass is 32.1. The molecule has 3 heteroatoms. The van der Waals surface area contributed by atoms with E-state index in [0.29, 0.717) is 5.57 Å². The van der Waals surface area contributed by atoms with Gasteiger partial charge in [-0.1, -0.05) is 30.3 Å². The molecule has 2 heterocycles. The van der Waals surface area contributed by atoms with Gasteiger partial charge in [0, 0.05) is 20.3 Å². The molecule has 18 heavy (non-hydrogen) atoms. The van der Waals surface area contributed by atoms with Gasteiger partial charge < -0.3 is 0 Å². The molecule has 0 saturated carbocycles. The number of nitriles is 1. The Balaban J connectivity index is 2.04. The summed E-state index contributed by atoms with van der Waals surface area (Å²) in [5.41, 5.74) is 1.68. The minimum atomic E-state index is 0.711. The summed E-state index contributed by atoms with van der Waals surface area (Å²) in [4.78, 5) is 1.13. The van der Waals surface area contributed by atoms with Gasteiger partial charge in [0.15, 0.2) is 0 Å². The summed E-state index contributed by atoms with van der Waals surface area (Å²) >= 11 is 3.44. The van der Waals surface area contributed by atoms with Crippen molar-refractivity contribution in [1.29, 1.82) is 5.26 Å². The Morgan fingerprint density at radius 2 is 2.00 bits per heavy atom. The summed E-state index contributed by atoms with van der Waals surface area (Å²) in [6, 6.07) is 14.2. The zero-order valence-electron chi connectivity index (χ0n) is 9.46. The zero-order valence-corrected chi connectivity index (χ0v) is 11.1. The van der Waals surface area contributed by atoms with Crippen molar-refractivity contribution in [3.63, 3.8) is 0 Å². The Kier molecular flexibility index (Phi) is 2.97. The average molecular weight is 267 g/mol. The Hall–Kier alpha value is -1.89. The van der Waals surface area contributed by atoms with Gasteiger partial charge >= 0.3 is 0 Å². The van der Waals surface area contributed by atoms with Gasteiger partial charge in [0.05, 0.1) is 11.6 Å². The summed E-state index contributed by atoms with van der Waals surface area (Å²) in [7, 11) is 0. The third-order valence-electron chi connectivity index (χ3n) is 2.67. The van der Waals surface area contributed by atoms with Crippen LogP contribution in [0.1, 0.15) is 10.4 Å². The van der Waals surface area contributed by atoms with Crippen molar-refractivity contribution in [2.45, 2.75) is 0 Å². The van der Waals surface area contributed by atoms with Gasteiger partial charge in [0.1, 0.15) is 0 Å². The van der Waals surface area contributed by atoms with Crippen LogP contribution in [0.5, 0.6) is 0 Å². The molecule has 1 aromatic carbocycles. The SMILES string of the molecule is N#C/C(=C/c1cc2cscc2s1)c1ccccc1. The second-order valence-electron chi connectivity index (χ2n) is 3.88. The molecular weight excluding hydrogens is 258 g/mol. The molecular formula is C15H9NS2. The first-order chi connectivity index (χ1) is 8.86. The highest BCUT2D eigenvalue weighted by Gasteiger charge is 2.04. The van der Waals surface area contributed by atoms with Gasteiger partial charge in [-0.25, -0.2) is 0 Å². The van der Waals surface area contributed by atoms with Crippen LogP contribution in [0, 0.1) is 11.3 Å². The number of thiophene rings is 2. The zero-order chi connectivity index (χ0) is 12.4. The fourth-order valence-corrected chi connectivity index (χ4v) is 3.76. The second-order valence-corrected chi connectivity index (χ2v) is 5.73. The predicted octanol–water partition coefficient (Wildman–Crippen LogP) is 5.03. The van der Waals surface area contributed by atoms with E-state index >= 15 is 0 Å². The summed E-state index contributed by atoms with van der Waals surface area (Å²) in [5.74, 6) is 0. The van der Waals surface area contributed by atoms with Crippen LogP contribution < -0.4 is 0 Å². The summed E-state index contributed by atoms with van der Waals surface area (Å²) < 4.78 is 1.29. The third kappa shape index (κ3) is 2.08.